The van der Waals surface area contributed by atoms with Gasteiger partial charge in [0.1, 0.15) is 6.10 Å². The average molecular weight is 727 g/mol. The maximum Gasteiger partial charge on any atom is 0.303 e. The van der Waals surface area contributed by atoms with E-state index in [0.717, 1.165) is 31.3 Å². The van der Waals surface area contributed by atoms with Crippen molar-refractivity contribution < 1.29 is 42.1 Å². The van der Waals surface area contributed by atoms with E-state index in [9.17, 15) is 9.59 Å². The molecule has 3 rings (SSSR count). The van der Waals surface area contributed by atoms with Crippen molar-refractivity contribution in [1.29, 1.82) is 0 Å². The normalized spacial score (nSPS) is 33.1. The Balaban J connectivity index is 1.83. The van der Waals surface area contributed by atoms with Crippen LogP contribution in [0.1, 0.15) is 108 Å². The SMILES string of the molecule is C=C1C(CC2O[C@H]3CC(O[Si](C)(C)C(C)(C)C)C(CCO[Si](C)(C)C(C)(C)C)O[C@H]3[C@H](C)[C@H]2OC(C)=O)O[C@@H](CCCOC(C)=O)C[C@H]1C. The highest BCUT2D eigenvalue weighted by Gasteiger charge is 2.53. The van der Waals surface area contributed by atoms with E-state index in [1.807, 2.05) is 0 Å². The summed E-state index contributed by atoms with van der Waals surface area (Å²) in [5.74, 6) is -0.428. The van der Waals surface area contributed by atoms with Crippen molar-refractivity contribution >= 4 is 28.6 Å². The van der Waals surface area contributed by atoms with Crippen molar-refractivity contribution in [1.82, 2.24) is 0 Å². The molecule has 3 fully saturated rings. The monoisotopic (exact) mass is 726 g/mol. The van der Waals surface area contributed by atoms with Gasteiger partial charge in [0.25, 0.3) is 0 Å². The number of hydrogen-bond donors (Lipinski definition) is 0. The summed E-state index contributed by atoms with van der Waals surface area (Å²) in [5.41, 5.74) is 1.04. The fourth-order valence-electron chi connectivity index (χ4n) is 6.83. The summed E-state index contributed by atoms with van der Waals surface area (Å²) in [4.78, 5) is 23.7. The highest BCUT2D eigenvalue weighted by Crippen LogP contribution is 2.45. The molecule has 11 heteroatoms. The van der Waals surface area contributed by atoms with Gasteiger partial charge in [-0.2, -0.15) is 0 Å². The maximum absolute atomic E-state index is 12.5. The summed E-state index contributed by atoms with van der Waals surface area (Å²) in [5, 5.41) is 0.162. The predicted molar refractivity (Wildman–Crippen MR) is 199 cm³/mol. The Hall–Kier alpha value is -1.09. The number of hydrogen-bond acceptors (Lipinski definition) is 9. The predicted octanol–water partition coefficient (Wildman–Crippen LogP) is 8.36. The maximum atomic E-state index is 12.5. The molecule has 0 radical (unpaired) electrons. The van der Waals surface area contributed by atoms with Crippen molar-refractivity contribution in [2.75, 3.05) is 13.2 Å². The van der Waals surface area contributed by atoms with Crippen LogP contribution in [0, 0.1) is 11.8 Å². The Morgan fingerprint density at radius 1 is 0.837 bits per heavy atom. The summed E-state index contributed by atoms with van der Waals surface area (Å²) in [6, 6.07) is 0. The molecule has 3 saturated heterocycles. The van der Waals surface area contributed by atoms with Gasteiger partial charge in [-0.15, -0.1) is 0 Å². The van der Waals surface area contributed by atoms with E-state index in [4.69, 9.17) is 32.5 Å². The number of rotatable bonds is 13. The molecular formula is C38H70O9Si2. The van der Waals surface area contributed by atoms with Crippen LogP contribution in [0.3, 0.4) is 0 Å². The molecule has 4 unspecified atom stereocenters. The Labute approximate surface area is 300 Å². The zero-order chi connectivity index (χ0) is 37.1. The Morgan fingerprint density at radius 2 is 1.47 bits per heavy atom. The molecule has 0 aliphatic carbocycles. The lowest BCUT2D eigenvalue weighted by molar-refractivity contribution is -0.271. The molecule has 0 saturated carbocycles. The van der Waals surface area contributed by atoms with Gasteiger partial charge in [-0.1, -0.05) is 62.0 Å². The lowest BCUT2D eigenvalue weighted by Crippen LogP contribution is -2.63. The van der Waals surface area contributed by atoms with Crippen molar-refractivity contribution in [2.45, 2.75) is 193 Å². The van der Waals surface area contributed by atoms with Crippen LogP contribution in [0.2, 0.25) is 36.3 Å². The van der Waals surface area contributed by atoms with Gasteiger partial charge in [-0.25, -0.2) is 0 Å². The highest BCUT2D eigenvalue weighted by molar-refractivity contribution is 6.74. The lowest BCUT2D eigenvalue weighted by Gasteiger charge is -2.53. The van der Waals surface area contributed by atoms with Gasteiger partial charge in [-0.05, 0) is 73.4 Å². The second-order valence-corrected chi connectivity index (χ2v) is 27.6. The summed E-state index contributed by atoms with van der Waals surface area (Å²) >= 11 is 0. The third-order valence-electron chi connectivity index (χ3n) is 12.0. The van der Waals surface area contributed by atoms with Crippen molar-refractivity contribution in [3.8, 4) is 0 Å². The highest BCUT2D eigenvalue weighted by atomic mass is 28.4. The zero-order valence-corrected chi connectivity index (χ0v) is 35.3. The summed E-state index contributed by atoms with van der Waals surface area (Å²) in [6.45, 7) is 35.4. The molecule has 3 aliphatic rings. The van der Waals surface area contributed by atoms with E-state index < -0.39 is 22.7 Å². The van der Waals surface area contributed by atoms with E-state index in [1.54, 1.807) is 0 Å². The quantitative estimate of drug-likeness (QED) is 0.0803. The zero-order valence-electron chi connectivity index (χ0n) is 33.3. The van der Waals surface area contributed by atoms with Gasteiger partial charge in [0.05, 0.1) is 49.3 Å². The Morgan fingerprint density at radius 3 is 2.04 bits per heavy atom. The summed E-state index contributed by atoms with van der Waals surface area (Å²) < 4.78 is 45.4. The van der Waals surface area contributed by atoms with Crippen LogP contribution in [0.25, 0.3) is 0 Å². The summed E-state index contributed by atoms with van der Waals surface area (Å²) in [6.07, 6.45) is 2.53. The summed E-state index contributed by atoms with van der Waals surface area (Å²) in [7, 11) is -4.08. The van der Waals surface area contributed by atoms with Gasteiger partial charge in [-0.3, -0.25) is 9.59 Å². The van der Waals surface area contributed by atoms with Crippen molar-refractivity contribution in [3.63, 3.8) is 0 Å². The van der Waals surface area contributed by atoms with E-state index >= 15 is 0 Å². The number of carbonyl (C=O) groups excluding carboxylic acids is 2. The van der Waals surface area contributed by atoms with Crippen LogP contribution in [-0.2, 0) is 42.1 Å². The number of ether oxygens (including phenoxy) is 5. The Bertz CT molecular complexity index is 1130. The minimum absolute atomic E-state index is 0.0247. The van der Waals surface area contributed by atoms with E-state index in [0.29, 0.717) is 26.1 Å². The first kappa shape index (κ1) is 42.3. The molecular weight excluding hydrogens is 657 g/mol. The van der Waals surface area contributed by atoms with Gasteiger partial charge in [0.15, 0.2) is 16.6 Å². The van der Waals surface area contributed by atoms with E-state index in [-0.39, 0.29) is 76.6 Å². The van der Waals surface area contributed by atoms with Gasteiger partial charge in [0.2, 0.25) is 0 Å². The third-order valence-corrected chi connectivity index (χ3v) is 21.0. The van der Waals surface area contributed by atoms with Crippen LogP contribution < -0.4 is 0 Å². The minimum atomic E-state index is -2.14. The standard InChI is InChI=1S/C38H70O9Si2/c1-24-21-29(17-16-19-41-27(4)39)44-31(25(24)2)22-33-35(43-28(5)40)26(3)36-34(45-33)23-32(47-49(14,15)38(9,10)11)30(46-36)18-20-42-48(12,13)37(6,7)8/h24,26,29-36H,2,16-23H2,1,3-15H3/t24-,26-,29+,30?,31?,32?,33?,34+,35-,36+/m1/s1. The molecule has 3 aliphatic heterocycles. The second-order valence-electron chi connectivity index (χ2n) is 18.0. The number of carbonyl (C=O) groups is 2. The lowest BCUT2D eigenvalue weighted by atomic mass is 9.79. The molecule has 0 amide bonds. The molecule has 9 nitrogen and oxygen atoms in total. The molecule has 0 spiro atoms. The first-order valence-corrected chi connectivity index (χ1v) is 24.5. The first-order chi connectivity index (χ1) is 22.4. The average Bonchev–Trinajstić information content (AvgIpc) is 2.94. The molecule has 284 valence electrons. The largest absolute Gasteiger partial charge is 0.466 e. The van der Waals surface area contributed by atoms with Gasteiger partial charge >= 0.3 is 11.9 Å². The topological polar surface area (TPSA) is 98.8 Å². The van der Waals surface area contributed by atoms with Crippen molar-refractivity contribution in [3.05, 3.63) is 12.2 Å². The van der Waals surface area contributed by atoms with Gasteiger partial charge in [0, 0.05) is 39.2 Å². The number of fused-ring (bicyclic) bond motifs is 1. The van der Waals surface area contributed by atoms with Crippen LogP contribution in [0.5, 0.6) is 0 Å². The third kappa shape index (κ3) is 11.2. The van der Waals surface area contributed by atoms with E-state index in [1.165, 1.54) is 13.8 Å². The van der Waals surface area contributed by atoms with Crippen LogP contribution >= 0.6 is 0 Å². The van der Waals surface area contributed by atoms with Crippen LogP contribution in [0.15, 0.2) is 12.2 Å². The molecule has 49 heavy (non-hydrogen) atoms. The second kappa shape index (κ2) is 16.7. The fraction of sp³-hybridized carbons (Fsp3) is 0.895. The Kier molecular flexibility index (Phi) is 14.4. The molecule has 10 atom stereocenters. The van der Waals surface area contributed by atoms with Crippen LogP contribution in [0.4, 0.5) is 0 Å². The van der Waals surface area contributed by atoms with E-state index in [2.05, 4.69) is 88.2 Å². The van der Waals surface area contributed by atoms with Crippen molar-refractivity contribution in [2.24, 2.45) is 11.8 Å². The number of esters is 2. The molecule has 3 heterocycles. The van der Waals surface area contributed by atoms with Crippen LogP contribution in [-0.4, -0.2) is 90.6 Å². The fourth-order valence-corrected chi connectivity index (χ4v) is 9.25. The molecule has 0 aromatic rings. The smallest absolute Gasteiger partial charge is 0.303 e. The minimum Gasteiger partial charge on any atom is -0.466 e. The molecule has 0 N–H and O–H groups in total. The molecule has 0 aromatic heterocycles. The first-order valence-electron chi connectivity index (χ1n) is 18.7. The molecule has 0 aromatic carbocycles. The molecule has 0 bridgehead atoms. The van der Waals surface area contributed by atoms with Gasteiger partial charge < -0.3 is 32.5 Å².